The van der Waals surface area contributed by atoms with Crippen LogP contribution in [0.25, 0.3) is 0 Å². The van der Waals surface area contributed by atoms with E-state index in [1.54, 1.807) is 0 Å². The molecule has 0 aromatic rings. The summed E-state index contributed by atoms with van der Waals surface area (Å²) in [5.41, 5.74) is 0. The van der Waals surface area contributed by atoms with Gasteiger partial charge in [-0.15, -0.1) is 11.8 Å². The SMILES string of the molecule is CCCCCCC#CC[Si](C)(C)C. The molecule has 0 aliphatic rings. The van der Waals surface area contributed by atoms with Gasteiger partial charge in [0, 0.05) is 12.5 Å². The molecule has 0 aliphatic carbocycles. The molecular formula is C12H24Si. The molecule has 0 N–H and O–H groups in total. The fourth-order valence-electron chi connectivity index (χ4n) is 1.06. The predicted molar refractivity (Wildman–Crippen MR) is 64.7 cm³/mol. The lowest BCUT2D eigenvalue weighted by atomic mass is 10.2. The second-order valence-electron chi connectivity index (χ2n) is 4.90. The molecule has 0 aliphatic heterocycles. The van der Waals surface area contributed by atoms with Gasteiger partial charge in [-0.3, -0.25) is 0 Å². The summed E-state index contributed by atoms with van der Waals surface area (Å²) >= 11 is 0. The molecule has 0 rings (SSSR count). The molecule has 0 atom stereocenters. The maximum absolute atomic E-state index is 3.31. The van der Waals surface area contributed by atoms with Crippen molar-refractivity contribution in [3.63, 3.8) is 0 Å². The maximum atomic E-state index is 3.31. The Balaban J connectivity index is 3.31. The quantitative estimate of drug-likeness (QED) is 0.349. The third kappa shape index (κ3) is 11.8. The van der Waals surface area contributed by atoms with Crippen LogP contribution in [0, 0.1) is 11.8 Å². The normalized spacial score (nSPS) is 10.8. The van der Waals surface area contributed by atoms with Crippen molar-refractivity contribution in [2.24, 2.45) is 0 Å². The molecule has 0 saturated heterocycles. The summed E-state index contributed by atoms with van der Waals surface area (Å²) < 4.78 is 0. The molecule has 0 unspecified atom stereocenters. The first-order valence-electron chi connectivity index (χ1n) is 5.52. The van der Waals surface area contributed by atoms with Crippen molar-refractivity contribution >= 4 is 8.07 Å². The van der Waals surface area contributed by atoms with E-state index >= 15 is 0 Å². The summed E-state index contributed by atoms with van der Waals surface area (Å²) in [5.74, 6) is 6.60. The number of unbranched alkanes of at least 4 members (excludes halogenated alkanes) is 4. The zero-order valence-electron chi connectivity index (χ0n) is 9.74. The Morgan fingerprint density at radius 2 is 1.62 bits per heavy atom. The highest BCUT2D eigenvalue weighted by atomic mass is 28.3. The van der Waals surface area contributed by atoms with Gasteiger partial charge in [-0.05, 0) is 6.42 Å². The zero-order chi connectivity index (χ0) is 10.2. The number of hydrogen-bond donors (Lipinski definition) is 0. The van der Waals surface area contributed by atoms with E-state index in [1.165, 1.54) is 31.7 Å². The van der Waals surface area contributed by atoms with Crippen LogP contribution in [0.3, 0.4) is 0 Å². The van der Waals surface area contributed by atoms with Crippen LogP contribution >= 0.6 is 0 Å². The Morgan fingerprint density at radius 3 is 2.15 bits per heavy atom. The molecule has 0 aromatic heterocycles. The maximum Gasteiger partial charge on any atom is 0.0573 e. The van der Waals surface area contributed by atoms with Gasteiger partial charge in [0.2, 0.25) is 0 Å². The largest absolute Gasteiger partial charge is 0.106 e. The van der Waals surface area contributed by atoms with Crippen LogP contribution < -0.4 is 0 Å². The Labute approximate surface area is 85.1 Å². The van der Waals surface area contributed by atoms with Crippen LogP contribution in [0.1, 0.15) is 39.0 Å². The molecule has 0 amide bonds. The average Bonchev–Trinajstić information content (AvgIpc) is 2.01. The first kappa shape index (κ1) is 12.8. The molecule has 0 heterocycles. The van der Waals surface area contributed by atoms with Crippen LogP contribution in [0.4, 0.5) is 0 Å². The topological polar surface area (TPSA) is 0 Å². The molecule has 0 nitrogen and oxygen atoms in total. The lowest BCUT2D eigenvalue weighted by molar-refractivity contribution is 0.679. The monoisotopic (exact) mass is 196 g/mol. The fourth-order valence-corrected chi connectivity index (χ4v) is 1.71. The first-order valence-corrected chi connectivity index (χ1v) is 9.22. The molecule has 0 bridgehead atoms. The van der Waals surface area contributed by atoms with Crippen LogP contribution in [0.5, 0.6) is 0 Å². The predicted octanol–water partition coefficient (Wildman–Crippen LogP) is 4.30. The van der Waals surface area contributed by atoms with Crippen molar-refractivity contribution in [3.05, 3.63) is 0 Å². The molecule has 0 spiro atoms. The third-order valence-electron chi connectivity index (χ3n) is 1.90. The summed E-state index contributed by atoms with van der Waals surface area (Å²) in [4.78, 5) is 0. The van der Waals surface area contributed by atoms with Gasteiger partial charge in [0.1, 0.15) is 0 Å². The van der Waals surface area contributed by atoms with E-state index in [4.69, 9.17) is 0 Å². The molecule has 0 aromatic carbocycles. The smallest absolute Gasteiger partial charge is 0.0573 e. The Morgan fingerprint density at radius 1 is 0.923 bits per heavy atom. The van der Waals surface area contributed by atoms with Gasteiger partial charge in [0.05, 0.1) is 8.07 Å². The Hall–Kier alpha value is -0.223. The Bertz CT molecular complexity index is 166. The molecular weight excluding hydrogens is 172 g/mol. The van der Waals surface area contributed by atoms with Crippen molar-refractivity contribution < 1.29 is 0 Å². The van der Waals surface area contributed by atoms with Gasteiger partial charge in [-0.2, -0.15) is 0 Å². The minimum atomic E-state index is -0.906. The van der Waals surface area contributed by atoms with E-state index in [-0.39, 0.29) is 0 Å². The van der Waals surface area contributed by atoms with Gasteiger partial charge in [-0.25, -0.2) is 0 Å². The van der Waals surface area contributed by atoms with Crippen molar-refractivity contribution in [2.45, 2.75) is 64.7 Å². The van der Waals surface area contributed by atoms with Crippen LogP contribution in [0.2, 0.25) is 25.7 Å². The second-order valence-corrected chi connectivity index (χ2v) is 10.4. The van der Waals surface area contributed by atoms with E-state index < -0.39 is 8.07 Å². The van der Waals surface area contributed by atoms with Crippen molar-refractivity contribution in [2.75, 3.05) is 0 Å². The molecule has 1 heteroatoms. The van der Waals surface area contributed by atoms with Crippen LogP contribution in [-0.4, -0.2) is 8.07 Å². The molecule has 13 heavy (non-hydrogen) atoms. The van der Waals surface area contributed by atoms with E-state index in [0.29, 0.717) is 0 Å². The van der Waals surface area contributed by atoms with Gasteiger partial charge < -0.3 is 0 Å². The van der Waals surface area contributed by atoms with Crippen molar-refractivity contribution in [1.29, 1.82) is 0 Å². The van der Waals surface area contributed by atoms with E-state index in [9.17, 15) is 0 Å². The summed E-state index contributed by atoms with van der Waals surface area (Å²) in [6, 6.07) is 1.17. The van der Waals surface area contributed by atoms with E-state index in [1.807, 2.05) is 0 Å². The van der Waals surface area contributed by atoms with Crippen molar-refractivity contribution in [1.82, 2.24) is 0 Å². The Kier molecular flexibility index (Phi) is 7.08. The lowest BCUT2D eigenvalue weighted by Gasteiger charge is -2.09. The highest BCUT2D eigenvalue weighted by Gasteiger charge is 2.09. The van der Waals surface area contributed by atoms with E-state index in [2.05, 4.69) is 38.4 Å². The molecule has 76 valence electrons. The van der Waals surface area contributed by atoms with Crippen LogP contribution in [-0.2, 0) is 0 Å². The van der Waals surface area contributed by atoms with Crippen molar-refractivity contribution in [3.8, 4) is 11.8 Å². The highest BCUT2D eigenvalue weighted by Crippen LogP contribution is 2.06. The molecule has 0 saturated carbocycles. The molecule has 0 radical (unpaired) electrons. The van der Waals surface area contributed by atoms with Gasteiger partial charge >= 0.3 is 0 Å². The summed E-state index contributed by atoms with van der Waals surface area (Å²) in [5, 5.41) is 0. The third-order valence-corrected chi connectivity index (χ3v) is 3.14. The average molecular weight is 196 g/mol. The minimum absolute atomic E-state index is 0.906. The fraction of sp³-hybridized carbons (Fsp3) is 0.833. The van der Waals surface area contributed by atoms with Crippen LogP contribution in [0.15, 0.2) is 0 Å². The van der Waals surface area contributed by atoms with Gasteiger partial charge in [0.25, 0.3) is 0 Å². The summed E-state index contributed by atoms with van der Waals surface area (Å²) in [6.45, 7) is 9.37. The lowest BCUT2D eigenvalue weighted by Crippen LogP contribution is -2.17. The summed E-state index contributed by atoms with van der Waals surface area (Å²) in [6.07, 6.45) is 6.47. The number of rotatable bonds is 5. The highest BCUT2D eigenvalue weighted by molar-refractivity contribution is 6.76. The van der Waals surface area contributed by atoms with Gasteiger partial charge in [-0.1, -0.05) is 45.8 Å². The second kappa shape index (κ2) is 7.21. The van der Waals surface area contributed by atoms with Gasteiger partial charge in [0.15, 0.2) is 0 Å². The minimum Gasteiger partial charge on any atom is -0.106 e. The zero-order valence-corrected chi connectivity index (χ0v) is 10.7. The first-order chi connectivity index (χ1) is 6.06. The number of hydrogen-bond acceptors (Lipinski definition) is 0. The van der Waals surface area contributed by atoms with E-state index in [0.717, 1.165) is 6.42 Å². The summed E-state index contributed by atoms with van der Waals surface area (Å²) in [7, 11) is -0.906. The standard InChI is InChI=1S/C12H24Si/c1-5-6-7-8-9-10-11-12-13(2,3)4/h5-9,12H2,1-4H3. The molecule has 0 fully saturated rings.